The maximum Gasteiger partial charge on any atom is 0.195 e. The van der Waals surface area contributed by atoms with Crippen LogP contribution in [0.1, 0.15) is 23.9 Å². The first-order chi connectivity index (χ1) is 10.8. The molecule has 0 saturated carbocycles. The van der Waals surface area contributed by atoms with Crippen molar-refractivity contribution < 1.29 is 0 Å². The Bertz CT molecular complexity index is 733. The van der Waals surface area contributed by atoms with Crippen LogP contribution in [0.2, 0.25) is 0 Å². The molecular weight excluding hydrogens is 290 g/mol. The molecule has 0 aliphatic heterocycles. The van der Waals surface area contributed by atoms with Crippen molar-refractivity contribution in [2.75, 3.05) is 5.75 Å². The molecule has 3 nitrogen and oxygen atoms in total. The van der Waals surface area contributed by atoms with Crippen LogP contribution in [0.5, 0.6) is 0 Å². The lowest BCUT2D eigenvalue weighted by Crippen LogP contribution is -2.04. The lowest BCUT2D eigenvalue weighted by molar-refractivity contribution is 0.848. The Hall–Kier alpha value is -2.07. The first-order valence-electron chi connectivity index (χ1n) is 7.46. The number of hydrogen-bond donors (Lipinski definition) is 0. The minimum atomic E-state index is 0.784. The zero-order chi connectivity index (χ0) is 15.4. The van der Waals surface area contributed by atoms with Crippen molar-refractivity contribution in [1.82, 2.24) is 14.8 Å². The van der Waals surface area contributed by atoms with Crippen LogP contribution >= 0.6 is 11.8 Å². The lowest BCUT2D eigenvalue weighted by Gasteiger charge is -2.10. The van der Waals surface area contributed by atoms with Crippen molar-refractivity contribution in [3.63, 3.8) is 0 Å². The summed E-state index contributed by atoms with van der Waals surface area (Å²) in [4.78, 5) is 0. The van der Waals surface area contributed by atoms with E-state index in [9.17, 15) is 0 Å². The fourth-order valence-electron chi connectivity index (χ4n) is 2.37. The predicted octanol–water partition coefficient (Wildman–Crippen LogP) is 4.28. The third-order valence-electron chi connectivity index (χ3n) is 3.47. The first-order valence-corrected chi connectivity index (χ1v) is 8.44. The summed E-state index contributed by atoms with van der Waals surface area (Å²) in [6.45, 7) is 4.23. The molecule has 0 aliphatic carbocycles. The molecule has 1 aromatic heterocycles. The molecule has 112 valence electrons. The van der Waals surface area contributed by atoms with Gasteiger partial charge in [0.25, 0.3) is 0 Å². The highest BCUT2D eigenvalue weighted by molar-refractivity contribution is 7.99. The first kappa shape index (κ1) is 14.9. The van der Waals surface area contributed by atoms with Crippen LogP contribution in [0.25, 0.3) is 5.69 Å². The quantitative estimate of drug-likeness (QED) is 0.659. The third kappa shape index (κ3) is 3.22. The summed E-state index contributed by atoms with van der Waals surface area (Å²) in [5.41, 5.74) is 3.62. The zero-order valence-corrected chi connectivity index (χ0v) is 13.7. The number of aromatic nitrogens is 3. The molecule has 2 aromatic carbocycles. The van der Waals surface area contributed by atoms with Gasteiger partial charge in [-0.15, -0.1) is 10.2 Å². The standard InChI is InChI=1S/C18H19N3S/c1-3-22-18-20-19-17(13-15-7-5-4-6-8-15)21(18)16-11-9-14(2)10-12-16/h4-12H,3,13H2,1-2H3. The second-order valence-corrected chi connectivity index (χ2v) is 6.40. The topological polar surface area (TPSA) is 30.7 Å². The Morgan fingerprint density at radius 3 is 2.36 bits per heavy atom. The van der Waals surface area contributed by atoms with E-state index in [-0.39, 0.29) is 0 Å². The van der Waals surface area contributed by atoms with E-state index in [0.29, 0.717) is 0 Å². The minimum absolute atomic E-state index is 0.784. The largest absolute Gasteiger partial charge is 0.274 e. The van der Waals surface area contributed by atoms with Crippen molar-refractivity contribution in [2.45, 2.75) is 25.4 Å². The Morgan fingerprint density at radius 2 is 1.68 bits per heavy atom. The second-order valence-electron chi connectivity index (χ2n) is 5.17. The van der Waals surface area contributed by atoms with Crippen LogP contribution in [0, 0.1) is 6.92 Å². The Morgan fingerprint density at radius 1 is 0.955 bits per heavy atom. The van der Waals surface area contributed by atoms with E-state index in [1.54, 1.807) is 11.8 Å². The fourth-order valence-corrected chi connectivity index (χ4v) is 3.07. The van der Waals surface area contributed by atoms with Crippen molar-refractivity contribution in [2.24, 2.45) is 0 Å². The van der Waals surface area contributed by atoms with Crippen LogP contribution in [-0.4, -0.2) is 20.5 Å². The van der Waals surface area contributed by atoms with Crippen LogP contribution < -0.4 is 0 Å². The average molecular weight is 309 g/mol. The summed E-state index contributed by atoms with van der Waals surface area (Å²) in [5.74, 6) is 1.96. The second kappa shape index (κ2) is 6.79. The predicted molar refractivity (Wildman–Crippen MR) is 91.7 cm³/mol. The van der Waals surface area contributed by atoms with E-state index in [0.717, 1.165) is 28.8 Å². The molecule has 0 spiro atoms. The van der Waals surface area contributed by atoms with E-state index in [1.165, 1.54) is 11.1 Å². The Labute approximate surface area is 135 Å². The van der Waals surface area contributed by atoms with E-state index in [2.05, 4.69) is 77.1 Å². The van der Waals surface area contributed by atoms with E-state index in [1.807, 2.05) is 6.07 Å². The molecule has 0 aliphatic rings. The number of thioether (sulfide) groups is 1. The van der Waals surface area contributed by atoms with Gasteiger partial charge in [0.15, 0.2) is 5.16 Å². The highest BCUT2D eigenvalue weighted by Gasteiger charge is 2.14. The maximum absolute atomic E-state index is 4.42. The molecule has 1 heterocycles. The summed E-state index contributed by atoms with van der Waals surface area (Å²) >= 11 is 1.72. The highest BCUT2D eigenvalue weighted by atomic mass is 32.2. The molecule has 0 unspecified atom stereocenters. The minimum Gasteiger partial charge on any atom is -0.274 e. The Kier molecular flexibility index (Phi) is 4.59. The van der Waals surface area contributed by atoms with Crippen molar-refractivity contribution in [3.05, 3.63) is 71.5 Å². The summed E-state index contributed by atoms with van der Waals surface area (Å²) in [6, 6.07) is 18.9. The molecule has 0 bridgehead atoms. The SMILES string of the molecule is CCSc1nnc(Cc2ccccc2)n1-c1ccc(C)cc1. The number of rotatable bonds is 5. The molecule has 0 amide bonds. The molecular formula is C18H19N3S. The number of benzene rings is 2. The van der Waals surface area contributed by atoms with Gasteiger partial charge in [-0.25, -0.2) is 0 Å². The fraction of sp³-hybridized carbons (Fsp3) is 0.222. The molecule has 0 fully saturated rings. The summed E-state index contributed by atoms with van der Waals surface area (Å²) < 4.78 is 2.17. The van der Waals surface area contributed by atoms with Gasteiger partial charge in [0.05, 0.1) is 0 Å². The third-order valence-corrected chi connectivity index (χ3v) is 4.28. The molecule has 22 heavy (non-hydrogen) atoms. The van der Waals surface area contributed by atoms with Crippen molar-refractivity contribution in [1.29, 1.82) is 0 Å². The van der Waals surface area contributed by atoms with Crippen LogP contribution in [0.3, 0.4) is 0 Å². The van der Waals surface area contributed by atoms with Gasteiger partial charge < -0.3 is 0 Å². The van der Waals surface area contributed by atoms with Crippen molar-refractivity contribution >= 4 is 11.8 Å². The van der Waals surface area contributed by atoms with Gasteiger partial charge >= 0.3 is 0 Å². The molecule has 3 rings (SSSR count). The summed E-state index contributed by atoms with van der Waals surface area (Å²) in [6.07, 6.45) is 0.784. The molecule has 0 atom stereocenters. The summed E-state index contributed by atoms with van der Waals surface area (Å²) in [5, 5.41) is 9.75. The van der Waals surface area contributed by atoms with E-state index in [4.69, 9.17) is 0 Å². The molecule has 4 heteroatoms. The lowest BCUT2D eigenvalue weighted by atomic mass is 10.1. The average Bonchev–Trinajstić information content (AvgIpc) is 2.92. The normalized spacial score (nSPS) is 10.8. The van der Waals surface area contributed by atoms with Gasteiger partial charge in [-0.1, -0.05) is 66.7 Å². The molecule has 0 saturated heterocycles. The van der Waals surface area contributed by atoms with Gasteiger partial charge in [0.1, 0.15) is 5.82 Å². The molecule has 3 aromatic rings. The smallest absolute Gasteiger partial charge is 0.195 e. The van der Waals surface area contributed by atoms with E-state index >= 15 is 0 Å². The number of aryl methyl sites for hydroxylation is 1. The molecule has 0 radical (unpaired) electrons. The zero-order valence-electron chi connectivity index (χ0n) is 12.9. The van der Waals surface area contributed by atoms with Gasteiger partial charge in [-0.05, 0) is 30.4 Å². The number of nitrogens with zero attached hydrogens (tertiary/aromatic N) is 3. The van der Waals surface area contributed by atoms with E-state index < -0.39 is 0 Å². The summed E-state index contributed by atoms with van der Waals surface area (Å²) in [7, 11) is 0. The van der Waals surface area contributed by atoms with Crippen LogP contribution in [-0.2, 0) is 6.42 Å². The maximum atomic E-state index is 4.42. The van der Waals surface area contributed by atoms with Crippen LogP contribution in [0.4, 0.5) is 0 Å². The van der Waals surface area contributed by atoms with Crippen molar-refractivity contribution in [3.8, 4) is 5.69 Å². The Balaban J connectivity index is 2.01. The van der Waals surface area contributed by atoms with Gasteiger partial charge in [-0.3, -0.25) is 4.57 Å². The highest BCUT2D eigenvalue weighted by Crippen LogP contribution is 2.23. The number of hydrogen-bond acceptors (Lipinski definition) is 3. The van der Waals surface area contributed by atoms with Crippen LogP contribution in [0.15, 0.2) is 59.8 Å². The van der Waals surface area contributed by atoms with Gasteiger partial charge in [0, 0.05) is 12.1 Å². The monoisotopic (exact) mass is 309 g/mol. The van der Waals surface area contributed by atoms with Gasteiger partial charge in [0.2, 0.25) is 0 Å². The molecule has 0 N–H and O–H groups in total. The van der Waals surface area contributed by atoms with Gasteiger partial charge in [-0.2, -0.15) is 0 Å².